The number of likely N-dealkylation sites (tertiary alicyclic amines) is 1. The Morgan fingerprint density at radius 3 is 2.85 bits per heavy atom. The van der Waals surface area contributed by atoms with Crippen molar-refractivity contribution in [3.63, 3.8) is 0 Å². The number of carbonyl (C=O) groups is 2. The van der Waals surface area contributed by atoms with Crippen LogP contribution in [0, 0.1) is 11.8 Å². The van der Waals surface area contributed by atoms with Crippen LogP contribution in [0.3, 0.4) is 0 Å². The Bertz CT molecular complexity index is 1220. The average Bonchev–Trinajstić information content (AvgIpc) is 3.23. The van der Waals surface area contributed by atoms with E-state index in [0.29, 0.717) is 24.7 Å². The fraction of sp³-hybridized carbons (Fsp3) is 0.458. The minimum atomic E-state index is -0.640. The standard InChI is InChI=1S/C24H28N8O2/c1-3-4-13-31-20-21(28-23(31)30-12-6-7-16(25)14-30)29(2)24(34)32(22(20)33)15-17-9-10-18-19(27-17)8-5-11-26-18/h5,8-11,16,20-21H,6-7,12-15,25H2,1-2H3/t16-,20?,21?/m1/s1. The van der Waals surface area contributed by atoms with Crippen LogP contribution < -0.4 is 5.73 Å². The van der Waals surface area contributed by atoms with Gasteiger partial charge in [0.2, 0.25) is 0 Å². The van der Waals surface area contributed by atoms with E-state index in [2.05, 4.69) is 26.7 Å². The number of nitrogens with two attached hydrogens (primary N) is 1. The van der Waals surface area contributed by atoms with Crippen LogP contribution in [0.4, 0.5) is 4.79 Å². The van der Waals surface area contributed by atoms with Gasteiger partial charge in [-0.15, -0.1) is 5.92 Å². The second kappa shape index (κ2) is 8.91. The molecule has 0 aromatic carbocycles. The van der Waals surface area contributed by atoms with E-state index in [1.54, 1.807) is 26.2 Å². The molecule has 10 heteroatoms. The maximum absolute atomic E-state index is 13.7. The summed E-state index contributed by atoms with van der Waals surface area (Å²) in [6, 6.07) is 6.35. The van der Waals surface area contributed by atoms with Crippen LogP contribution in [-0.4, -0.2) is 92.4 Å². The van der Waals surface area contributed by atoms with Gasteiger partial charge >= 0.3 is 6.03 Å². The number of amides is 3. The number of hydrogen-bond acceptors (Lipinski definition) is 8. The summed E-state index contributed by atoms with van der Waals surface area (Å²) >= 11 is 0. The highest BCUT2D eigenvalue weighted by Gasteiger charge is 2.53. The van der Waals surface area contributed by atoms with E-state index in [4.69, 9.17) is 10.7 Å². The van der Waals surface area contributed by atoms with Crippen LogP contribution in [-0.2, 0) is 11.3 Å². The molecule has 0 radical (unpaired) electrons. The summed E-state index contributed by atoms with van der Waals surface area (Å²) in [6.07, 6.45) is 3.03. The first kappa shape index (κ1) is 22.1. The topological polar surface area (TPSA) is 111 Å². The van der Waals surface area contributed by atoms with E-state index in [0.717, 1.165) is 30.4 Å². The first-order chi connectivity index (χ1) is 16.5. The molecule has 2 aromatic rings. The SMILES string of the molecule is CC#CCN1C(N2CCC[C@@H](N)C2)=NC2C1C(=O)N(Cc1ccc3ncccc3n1)C(=O)N2C. The van der Waals surface area contributed by atoms with Gasteiger partial charge in [-0.25, -0.2) is 14.8 Å². The van der Waals surface area contributed by atoms with E-state index in [1.807, 2.05) is 23.1 Å². The van der Waals surface area contributed by atoms with Crippen LogP contribution in [0.15, 0.2) is 35.5 Å². The normalized spacial score (nSPS) is 24.8. The van der Waals surface area contributed by atoms with Crippen molar-refractivity contribution in [1.82, 2.24) is 29.6 Å². The lowest BCUT2D eigenvalue weighted by Gasteiger charge is -2.42. The summed E-state index contributed by atoms with van der Waals surface area (Å²) in [5.41, 5.74) is 8.32. The second-order valence-corrected chi connectivity index (χ2v) is 8.85. The van der Waals surface area contributed by atoms with Gasteiger partial charge in [0.1, 0.15) is 0 Å². The predicted octanol–water partition coefficient (Wildman–Crippen LogP) is 0.837. The Labute approximate surface area is 198 Å². The fourth-order valence-corrected chi connectivity index (χ4v) is 4.85. The molecule has 3 aliphatic rings. The molecule has 3 atom stereocenters. The van der Waals surface area contributed by atoms with Crippen LogP contribution in [0.5, 0.6) is 0 Å². The first-order valence-corrected chi connectivity index (χ1v) is 11.5. The molecule has 2 unspecified atom stereocenters. The van der Waals surface area contributed by atoms with Crippen LogP contribution >= 0.6 is 0 Å². The maximum Gasteiger partial charge on any atom is 0.328 e. The largest absolute Gasteiger partial charge is 0.341 e. The van der Waals surface area contributed by atoms with Gasteiger partial charge < -0.3 is 20.4 Å². The zero-order valence-corrected chi connectivity index (χ0v) is 19.4. The second-order valence-electron chi connectivity index (χ2n) is 8.85. The van der Waals surface area contributed by atoms with E-state index in [9.17, 15) is 9.59 Å². The number of fused-ring (bicyclic) bond motifs is 2. The van der Waals surface area contributed by atoms with Crippen molar-refractivity contribution in [3.8, 4) is 11.8 Å². The van der Waals surface area contributed by atoms with Crippen molar-refractivity contribution in [2.45, 2.75) is 44.6 Å². The maximum atomic E-state index is 13.7. The highest BCUT2D eigenvalue weighted by Crippen LogP contribution is 2.30. The van der Waals surface area contributed by atoms with Crippen LogP contribution in [0.25, 0.3) is 11.0 Å². The Morgan fingerprint density at radius 1 is 1.21 bits per heavy atom. The quantitative estimate of drug-likeness (QED) is 0.676. The number of nitrogens with zero attached hydrogens (tertiary/aromatic N) is 7. The summed E-state index contributed by atoms with van der Waals surface area (Å²) in [7, 11) is 1.69. The highest BCUT2D eigenvalue weighted by atomic mass is 16.2. The Balaban J connectivity index is 1.45. The Kier molecular flexibility index (Phi) is 5.79. The van der Waals surface area contributed by atoms with Gasteiger partial charge in [-0.05, 0) is 44.0 Å². The number of imide groups is 1. The van der Waals surface area contributed by atoms with Gasteiger partial charge in [0.25, 0.3) is 5.91 Å². The Hall–Kier alpha value is -3.71. The molecule has 2 fully saturated rings. The molecule has 5 rings (SSSR count). The third kappa shape index (κ3) is 3.82. The molecule has 2 saturated heterocycles. The molecule has 5 heterocycles. The fourth-order valence-electron chi connectivity index (χ4n) is 4.85. The minimum absolute atomic E-state index is 0.0539. The van der Waals surface area contributed by atoms with E-state index >= 15 is 0 Å². The molecule has 0 aliphatic carbocycles. The summed E-state index contributed by atoms with van der Waals surface area (Å²) in [6.45, 7) is 3.68. The van der Waals surface area contributed by atoms with Gasteiger partial charge in [0.15, 0.2) is 18.2 Å². The zero-order valence-electron chi connectivity index (χ0n) is 19.4. The number of pyridine rings is 2. The number of aromatic nitrogens is 2. The third-order valence-corrected chi connectivity index (χ3v) is 6.57. The van der Waals surface area contributed by atoms with Crippen LogP contribution in [0.2, 0.25) is 0 Å². The molecular formula is C24H28N8O2. The number of aliphatic imine (C=N–C) groups is 1. The molecule has 0 saturated carbocycles. The van der Waals surface area contributed by atoms with Gasteiger partial charge in [0, 0.05) is 32.4 Å². The number of carbonyl (C=O) groups excluding carboxylic acids is 2. The van der Waals surface area contributed by atoms with E-state index in [1.165, 1.54) is 9.80 Å². The smallest absolute Gasteiger partial charge is 0.328 e. The lowest BCUT2D eigenvalue weighted by Crippen LogP contribution is -2.65. The summed E-state index contributed by atoms with van der Waals surface area (Å²) in [5.74, 6) is 6.39. The predicted molar refractivity (Wildman–Crippen MR) is 127 cm³/mol. The molecule has 34 heavy (non-hydrogen) atoms. The number of guanidine groups is 1. The molecule has 0 bridgehead atoms. The van der Waals surface area contributed by atoms with Crippen molar-refractivity contribution in [3.05, 3.63) is 36.2 Å². The highest BCUT2D eigenvalue weighted by molar-refractivity contribution is 6.03. The molecule has 10 nitrogen and oxygen atoms in total. The third-order valence-electron chi connectivity index (χ3n) is 6.57. The van der Waals surface area contributed by atoms with Crippen molar-refractivity contribution in [2.24, 2.45) is 10.7 Å². The summed E-state index contributed by atoms with van der Waals surface area (Å²) < 4.78 is 0. The molecule has 2 N–H and O–H groups in total. The molecule has 2 aromatic heterocycles. The number of urea groups is 1. The zero-order chi connectivity index (χ0) is 23.8. The average molecular weight is 461 g/mol. The molecule has 3 aliphatic heterocycles. The number of likely N-dealkylation sites (N-methyl/N-ethyl adjacent to an activating group) is 1. The van der Waals surface area contributed by atoms with Gasteiger partial charge in [-0.2, -0.15) is 0 Å². The number of hydrogen-bond donors (Lipinski definition) is 1. The van der Waals surface area contributed by atoms with Crippen LogP contribution in [0.1, 0.15) is 25.5 Å². The van der Waals surface area contributed by atoms with Crippen molar-refractivity contribution >= 4 is 28.9 Å². The summed E-state index contributed by atoms with van der Waals surface area (Å²) in [4.78, 5) is 47.6. The van der Waals surface area contributed by atoms with Crippen molar-refractivity contribution in [2.75, 3.05) is 26.7 Å². The molecule has 3 amide bonds. The van der Waals surface area contributed by atoms with E-state index < -0.39 is 12.2 Å². The minimum Gasteiger partial charge on any atom is -0.341 e. The number of rotatable bonds is 3. The first-order valence-electron chi connectivity index (χ1n) is 11.5. The summed E-state index contributed by atoms with van der Waals surface area (Å²) in [5, 5.41) is 0. The molecule has 0 spiro atoms. The van der Waals surface area contributed by atoms with Gasteiger partial charge in [-0.3, -0.25) is 14.7 Å². The Morgan fingerprint density at radius 2 is 2.06 bits per heavy atom. The molecule has 176 valence electrons. The molecular weight excluding hydrogens is 432 g/mol. The monoisotopic (exact) mass is 460 g/mol. The number of piperidine rings is 1. The lowest BCUT2D eigenvalue weighted by molar-refractivity contribution is -0.138. The lowest BCUT2D eigenvalue weighted by atomic mass is 10.1. The van der Waals surface area contributed by atoms with Crippen molar-refractivity contribution in [1.29, 1.82) is 0 Å². The van der Waals surface area contributed by atoms with Crippen molar-refractivity contribution < 1.29 is 9.59 Å². The van der Waals surface area contributed by atoms with E-state index in [-0.39, 0.29) is 24.5 Å². The van der Waals surface area contributed by atoms with Gasteiger partial charge in [-0.1, -0.05) is 5.92 Å². The van der Waals surface area contributed by atoms with Gasteiger partial charge in [0.05, 0.1) is 29.8 Å².